The number of methoxy groups -OCH3 is 1. The Morgan fingerprint density at radius 3 is 2.11 bits per heavy atom. The van der Waals surface area contributed by atoms with Gasteiger partial charge in [0.1, 0.15) is 5.75 Å². The van der Waals surface area contributed by atoms with Gasteiger partial charge in [0, 0.05) is 22.1 Å². The number of anilines is 2. The van der Waals surface area contributed by atoms with Crippen molar-refractivity contribution in [3.05, 3.63) is 91.0 Å². The lowest BCUT2D eigenvalue weighted by atomic mass is 10.1. The molecule has 4 nitrogen and oxygen atoms in total. The van der Waals surface area contributed by atoms with E-state index in [9.17, 15) is 0 Å². The highest BCUT2D eigenvalue weighted by Gasteiger charge is 2.06. The predicted molar refractivity (Wildman–Crippen MR) is 111 cm³/mol. The Bertz CT molecular complexity index is 1070. The molecule has 0 fully saturated rings. The molecule has 0 aliphatic carbocycles. The topological polar surface area (TPSA) is 46.0 Å². The van der Waals surface area contributed by atoms with Gasteiger partial charge in [-0.05, 0) is 48.5 Å². The minimum atomic E-state index is 0.835. The maximum absolute atomic E-state index is 5.22. The summed E-state index contributed by atoms with van der Waals surface area (Å²) in [7, 11) is 1.67. The van der Waals surface area contributed by atoms with Gasteiger partial charge in [0.05, 0.1) is 18.5 Å². The fraction of sp³-hybridized carbons (Fsp3) is 0.0435. The predicted octanol–water partition coefficient (Wildman–Crippen LogP) is 7.01. The molecule has 4 heteroatoms. The molecule has 0 atom stereocenters. The van der Waals surface area contributed by atoms with Crippen molar-refractivity contribution in [3.63, 3.8) is 0 Å². The summed E-state index contributed by atoms with van der Waals surface area (Å²) >= 11 is 0. The molecule has 4 aromatic rings. The van der Waals surface area contributed by atoms with Crippen LogP contribution in [0.3, 0.4) is 0 Å². The second kappa shape index (κ2) is 7.70. The molecule has 0 heterocycles. The Morgan fingerprint density at radius 1 is 0.667 bits per heavy atom. The lowest BCUT2D eigenvalue weighted by Crippen LogP contribution is -1.92. The minimum absolute atomic E-state index is 0.835. The SMILES string of the molecule is COc1ccc(Nc2ccc(N=Nc3ccccc3)c3ccccc23)cc1. The molecule has 0 radical (unpaired) electrons. The Morgan fingerprint density at radius 2 is 1.37 bits per heavy atom. The molecule has 0 saturated carbocycles. The first kappa shape index (κ1) is 16.8. The fourth-order valence-electron chi connectivity index (χ4n) is 2.92. The van der Waals surface area contributed by atoms with Gasteiger partial charge in [-0.1, -0.05) is 42.5 Å². The van der Waals surface area contributed by atoms with Gasteiger partial charge in [-0.15, -0.1) is 5.11 Å². The zero-order valence-electron chi connectivity index (χ0n) is 15.0. The normalized spacial score (nSPS) is 11.0. The van der Waals surface area contributed by atoms with E-state index in [1.165, 1.54) is 0 Å². The molecule has 132 valence electrons. The van der Waals surface area contributed by atoms with Crippen LogP contribution in [0.15, 0.2) is 101 Å². The number of benzene rings is 4. The van der Waals surface area contributed by atoms with Crippen LogP contribution >= 0.6 is 0 Å². The Kier molecular flexibility index (Phi) is 4.79. The molecule has 0 saturated heterocycles. The van der Waals surface area contributed by atoms with Crippen molar-refractivity contribution < 1.29 is 4.74 Å². The first-order chi connectivity index (χ1) is 13.3. The van der Waals surface area contributed by atoms with E-state index in [0.29, 0.717) is 0 Å². The minimum Gasteiger partial charge on any atom is -0.497 e. The molecular formula is C23H19N3O. The average Bonchev–Trinajstić information content (AvgIpc) is 2.74. The quantitative estimate of drug-likeness (QED) is 0.392. The number of nitrogens with one attached hydrogen (secondary N) is 1. The van der Waals surface area contributed by atoms with Gasteiger partial charge in [-0.25, -0.2) is 0 Å². The van der Waals surface area contributed by atoms with Crippen molar-refractivity contribution in [2.75, 3.05) is 12.4 Å². The third-order valence-corrected chi connectivity index (χ3v) is 4.30. The van der Waals surface area contributed by atoms with Crippen LogP contribution in [0, 0.1) is 0 Å². The molecule has 27 heavy (non-hydrogen) atoms. The van der Waals surface area contributed by atoms with Crippen molar-refractivity contribution in [3.8, 4) is 5.75 Å². The lowest BCUT2D eigenvalue weighted by Gasteiger charge is -2.11. The van der Waals surface area contributed by atoms with Crippen molar-refractivity contribution in [2.24, 2.45) is 10.2 Å². The maximum Gasteiger partial charge on any atom is 0.119 e. The van der Waals surface area contributed by atoms with Gasteiger partial charge in [-0.3, -0.25) is 0 Å². The molecule has 0 aliphatic heterocycles. The van der Waals surface area contributed by atoms with E-state index in [2.05, 4.69) is 27.7 Å². The zero-order chi connectivity index (χ0) is 18.5. The number of fused-ring (bicyclic) bond motifs is 1. The Labute approximate surface area is 158 Å². The van der Waals surface area contributed by atoms with E-state index in [1.807, 2.05) is 78.9 Å². The fourth-order valence-corrected chi connectivity index (χ4v) is 2.92. The van der Waals surface area contributed by atoms with Crippen LogP contribution in [0.25, 0.3) is 10.8 Å². The monoisotopic (exact) mass is 353 g/mol. The molecular weight excluding hydrogens is 334 g/mol. The van der Waals surface area contributed by atoms with Crippen LogP contribution in [0.5, 0.6) is 5.75 Å². The molecule has 0 spiro atoms. The van der Waals surface area contributed by atoms with Crippen molar-refractivity contribution in [1.82, 2.24) is 0 Å². The van der Waals surface area contributed by atoms with Crippen LogP contribution < -0.4 is 10.1 Å². The highest BCUT2D eigenvalue weighted by molar-refractivity contribution is 6.01. The molecule has 0 aromatic heterocycles. The zero-order valence-corrected chi connectivity index (χ0v) is 15.0. The summed E-state index contributed by atoms with van der Waals surface area (Å²) in [5.41, 5.74) is 3.70. The van der Waals surface area contributed by atoms with Gasteiger partial charge in [0.15, 0.2) is 0 Å². The molecule has 4 rings (SSSR count). The van der Waals surface area contributed by atoms with E-state index in [-0.39, 0.29) is 0 Å². The van der Waals surface area contributed by atoms with Gasteiger partial charge in [0.25, 0.3) is 0 Å². The summed E-state index contributed by atoms with van der Waals surface area (Å²) in [6.45, 7) is 0. The highest BCUT2D eigenvalue weighted by Crippen LogP contribution is 2.34. The standard InChI is InChI=1S/C23H19N3O/c1-27-19-13-11-17(12-14-19)24-22-15-16-23(21-10-6-5-9-20(21)22)26-25-18-7-3-2-4-8-18/h2-16,24H,1H3. The summed E-state index contributed by atoms with van der Waals surface area (Å²) < 4.78 is 5.22. The largest absolute Gasteiger partial charge is 0.497 e. The molecule has 0 amide bonds. The van der Waals surface area contributed by atoms with Gasteiger partial charge in [-0.2, -0.15) is 5.11 Å². The van der Waals surface area contributed by atoms with Crippen molar-refractivity contribution in [1.29, 1.82) is 0 Å². The first-order valence-corrected chi connectivity index (χ1v) is 8.73. The van der Waals surface area contributed by atoms with Crippen LogP contribution in [0.2, 0.25) is 0 Å². The number of ether oxygens (including phenoxy) is 1. The summed E-state index contributed by atoms with van der Waals surface area (Å²) in [6.07, 6.45) is 0. The van der Waals surface area contributed by atoms with Crippen LogP contribution in [-0.4, -0.2) is 7.11 Å². The smallest absolute Gasteiger partial charge is 0.119 e. The third kappa shape index (κ3) is 3.80. The third-order valence-electron chi connectivity index (χ3n) is 4.30. The average molecular weight is 353 g/mol. The van der Waals surface area contributed by atoms with E-state index in [0.717, 1.165) is 39.3 Å². The van der Waals surface area contributed by atoms with E-state index in [4.69, 9.17) is 4.74 Å². The first-order valence-electron chi connectivity index (χ1n) is 8.73. The van der Waals surface area contributed by atoms with Crippen molar-refractivity contribution in [2.45, 2.75) is 0 Å². The number of rotatable bonds is 5. The number of hydrogen-bond donors (Lipinski definition) is 1. The molecule has 4 aromatic carbocycles. The van der Waals surface area contributed by atoms with Crippen molar-refractivity contribution >= 4 is 33.5 Å². The molecule has 0 aliphatic rings. The van der Waals surface area contributed by atoms with E-state index < -0.39 is 0 Å². The Balaban J connectivity index is 1.68. The highest BCUT2D eigenvalue weighted by atomic mass is 16.5. The summed E-state index contributed by atoms with van der Waals surface area (Å²) in [4.78, 5) is 0. The lowest BCUT2D eigenvalue weighted by molar-refractivity contribution is 0.415. The Hall–Kier alpha value is -3.66. The summed E-state index contributed by atoms with van der Waals surface area (Å²) in [5, 5.41) is 14.4. The van der Waals surface area contributed by atoms with Crippen LogP contribution in [0.4, 0.5) is 22.7 Å². The number of azo groups is 1. The van der Waals surface area contributed by atoms with Gasteiger partial charge >= 0.3 is 0 Å². The van der Waals surface area contributed by atoms with E-state index in [1.54, 1.807) is 7.11 Å². The molecule has 0 bridgehead atoms. The molecule has 1 N–H and O–H groups in total. The second-order valence-electron chi connectivity index (χ2n) is 6.07. The van der Waals surface area contributed by atoms with Gasteiger partial charge in [0.2, 0.25) is 0 Å². The van der Waals surface area contributed by atoms with Crippen LogP contribution in [0.1, 0.15) is 0 Å². The number of nitrogens with zero attached hydrogens (tertiary/aromatic N) is 2. The summed E-state index contributed by atoms with van der Waals surface area (Å²) in [6, 6.07) is 29.8. The summed E-state index contributed by atoms with van der Waals surface area (Å²) in [5.74, 6) is 0.835. The molecule has 0 unspecified atom stereocenters. The van der Waals surface area contributed by atoms with E-state index >= 15 is 0 Å². The van der Waals surface area contributed by atoms with Crippen LogP contribution in [-0.2, 0) is 0 Å². The second-order valence-corrected chi connectivity index (χ2v) is 6.07. The van der Waals surface area contributed by atoms with Gasteiger partial charge < -0.3 is 10.1 Å². The number of hydrogen-bond acceptors (Lipinski definition) is 4. The maximum atomic E-state index is 5.22.